The van der Waals surface area contributed by atoms with Gasteiger partial charge in [0.05, 0.1) is 5.56 Å². The summed E-state index contributed by atoms with van der Waals surface area (Å²) in [7, 11) is 0. The first kappa shape index (κ1) is 15.7. The summed E-state index contributed by atoms with van der Waals surface area (Å²) in [5.74, 6) is -1.60. The van der Waals surface area contributed by atoms with Gasteiger partial charge in [-0.15, -0.1) is 0 Å². The molecule has 1 atom stereocenters. The lowest BCUT2D eigenvalue weighted by Gasteiger charge is -2.30. The number of carbonyl (C=O) groups excluding carboxylic acids is 1. The molecule has 1 aromatic rings. The molecule has 0 bridgehead atoms. The lowest BCUT2D eigenvalue weighted by molar-refractivity contribution is -0.197. The molecule has 1 fully saturated rings. The Labute approximate surface area is 115 Å². The quantitative estimate of drug-likeness (QED) is 0.674. The second-order valence-electron chi connectivity index (χ2n) is 4.75. The van der Waals surface area contributed by atoms with Crippen molar-refractivity contribution < 1.29 is 31.1 Å². The summed E-state index contributed by atoms with van der Waals surface area (Å²) in [6.45, 7) is -0.825. The summed E-state index contributed by atoms with van der Waals surface area (Å²) >= 11 is 0. The number of hydrogen-bond donors (Lipinski definition) is 1. The van der Waals surface area contributed by atoms with Crippen molar-refractivity contribution in [1.82, 2.24) is 10.3 Å². The van der Waals surface area contributed by atoms with Gasteiger partial charge >= 0.3 is 12.4 Å². The van der Waals surface area contributed by atoms with E-state index in [1.54, 1.807) is 0 Å². The maximum atomic E-state index is 13.2. The third-order valence-electron chi connectivity index (χ3n) is 3.50. The van der Waals surface area contributed by atoms with Gasteiger partial charge in [-0.2, -0.15) is 26.3 Å². The van der Waals surface area contributed by atoms with Crippen LogP contribution in [0.15, 0.2) is 18.5 Å². The monoisotopic (exact) mass is 312 g/mol. The minimum absolute atomic E-state index is 0.0904. The Morgan fingerprint density at radius 2 is 1.90 bits per heavy atom. The van der Waals surface area contributed by atoms with E-state index in [0.717, 1.165) is 6.20 Å². The zero-order valence-corrected chi connectivity index (χ0v) is 10.5. The van der Waals surface area contributed by atoms with Crippen LogP contribution in [-0.4, -0.2) is 30.0 Å². The Bertz CT molecular complexity index is 545. The molecule has 0 aromatic carbocycles. The van der Waals surface area contributed by atoms with Gasteiger partial charge in [0.1, 0.15) is 5.41 Å². The first-order valence-corrected chi connectivity index (χ1v) is 5.93. The van der Waals surface area contributed by atoms with E-state index in [-0.39, 0.29) is 6.54 Å². The molecule has 0 amide bonds. The fourth-order valence-corrected chi connectivity index (χ4v) is 2.34. The minimum atomic E-state index is -4.94. The van der Waals surface area contributed by atoms with Crippen LogP contribution in [-0.2, 0) is 6.18 Å². The number of hydrogen-bond acceptors (Lipinski definition) is 3. The van der Waals surface area contributed by atoms with E-state index in [1.165, 1.54) is 0 Å². The molecule has 0 radical (unpaired) electrons. The maximum Gasteiger partial charge on any atom is 0.417 e. The van der Waals surface area contributed by atoms with Crippen LogP contribution in [0, 0.1) is 5.41 Å². The van der Waals surface area contributed by atoms with E-state index in [1.807, 2.05) is 0 Å². The van der Waals surface area contributed by atoms with Crippen LogP contribution < -0.4 is 5.32 Å². The number of pyridine rings is 1. The minimum Gasteiger partial charge on any atom is -0.315 e. The number of nitrogens with zero attached hydrogens (tertiary/aromatic N) is 1. The van der Waals surface area contributed by atoms with E-state index in [0.29, 0.717) is 12.3 Å². The van der Waals surface area contributed by atoms with Crippen molar-refractivity contribution in [2.24, 2.45) is 5.41 Å². The molecule has 1 saturated heterocycles. The Morgan fingerprint density at radius 1 is 1.24 bits per heavy atom. The number of Topliss-reactive ketones (excluding diaryl/α,β-unsaturated/α-hetero) is 1. The normalized spacial score (nSPS) is 23.3. The fraction of sp³-hybridized carbons (Fsp3) is 0.500. The highest BCUT2D eigenvalue weighted by molar-refractivity contribution is 6.02. The van der Waals surface area contributed by atoms with Crippen LogP contribution in [0.25, 0.3) is 0 Å². The first-order chi connectivity index (χ1) is 9.59. The summed E-state index contributed by atoms with van der Waals surface area (Å²) in [5, 5.41) is 2.39. The zero-order valence-electron chi connectivity index (χ0n) is 10.5. The molecule has 21 heavy (non-hydrogen) atoms. The second kappa shape index (κ2) is 4.97. The summed E-state index contributed by atoms with van der Waals surface area (Å²) in [5.41, 5.74) is -5.29. The van der Waals surface area contributed by atoms with Crippen LogP contribution in [0.3, 0.4) is 0 Å². The Morgan fingerprint density at radius 3 is 2.38 bits per heavy atom. The molecule has 1 aromatic heterocycles. The number of rotatable bonds is 2. The van der Waals surface area contributed by atoms with Crippen LogP contribution in [0.2, 0.25) is 0 Å². The number of halogens is 6. The summed E-state index contributed by atoms with van der Waals surface area (Å²) in [4.78, 5) is 15.5. The molecule has 9 heteroatoms. The van der Waals surface area contributed by atoms with Crippen molar-refractivity contribution in [3.8, 4) is 0 Å². The first-order valence-electron chi connectivity index (χ1n) is 5.93. The molecular formula is C12H10F6N2O. The largest absolute Gasteiger partial charge is 0.417 e. The van der Waals surface area contributed by atoms with Crippen molar-refractivity contribution in [3.05, 3.63) is 29.6 Å². The number of carbonyl (C=O) groups is 1. The summed E-state index contributed by atoms with van der Waals surface area (Å²) in [6, 6.07) is 0.500. The number of nitrogens with one attached hydrogen (secondary N) is 1. The molecular weight excluding hydrogens is 302 g/mol. The Kier molecular flexibility index (Phi) is 3.73. The van der Waals surface area contributed by atoms with Gasteiger partial charge in [0.25, 0.3) is 0 Å². The van der Waals surface area contributed by atoms with Gasteiger partial charge in [0, 0.05) is 24.5 Å². The average molecular weight is 312 g/mol. The van der Waals surface area contributed by atoms with E-state index in [4.69, 9.17) is 0 Å². The molecule has 1 aliphatic heterocycles. The smallest absolute Gasteiger partial charge is 0.315 e. The summed E-state index contributed by atoms with van der Waals surface area (Å²) in [6.07, 6.45) is -9.13. The SMILES string of the molecule is O=C(c1cnccc1C(F)(F)F)C1(C(F)(F)F)CCNC1. The maximum absolute atomic E-state index is 13.2. The van der Waals surface area contributed by atoms with Gasteiger partial charge in [0.15, 0.2) is 5.78 Å². The van der Waals surface area contributed by atoms with Gasteiger partial charge in [-0.05, 0) is 19.0 Å². The lowest BCUT2D eigenvalue weighted by Crippen LogP contribution is -2.47. The van der Waals surface area contributed by atoms with Crippen molar-refractivity contribution in [3.63, 3.8) is 0 Å². The topological polar surface area (TPSA) is 42.0 Å². The van der Waals surface area contributed by atoms with Gasteiger partial charge in [0.2, 0.25) is 0 Å². The highest BCUT2D eigenvalue weighted by atomic mass is 19.4. The molecule has 0 spiro atoms. The van der Waals surface area contributed by atoms with Gasteiger partial charge in [-0.1, -0.05) is 0 Å². The standard InChI is InChI=1S/C12H10F6N2O/c13-11(14,15)8-1-3-19-5-7(8)9(21)10(12(16,17)18)2-4-20-6-10/h1,3,5,20H,2,4,6H2. The number of alkyl halides is 6. The van der Waals surface area contributed by atoms with Crippen LogP contribution in [0.1, 0.15) is 22.3 Å². The van der Waals surface area contributed by atoms with Crippen molar-refractivity contribution in [1.29, 1.82) is 0 Å². The van der Waals surface area contributed by atoms with Crippen LogP contribution in [0.5, 0.6) is 0 Å². The molecule has 1 unspecified atom stereocenters. The van der Waals surface area contributed by atoms with Crippen molar-refractivity contribution in [2.75, 3.05) is 13.1 Å². The van der Waals surface area contributed by atoms with Gasteiger partial charge < -0.3 is 5.32 Å². The zero-order chi connectivity index (χ0) is 15.9. The van der Waals surface area contributed by atoms with Crippen molar-refractivity contribution >= 4 is 5.78 Å². The number of ketones is 1. The molecule has 2 rings (SSSR count). The third kappa shape index (κ3) is 2.61. The fourth-order valence-electron chi connectivity index (χ4n) is 2.34. The predicted molar refractivity (Wildman–Crippen MR) is 59.5 cm³/mol. The van der Waals surface area contributed by atoms with Crippen molar-refractivity contribution in [2.45, 2.75) is 18.8 Å². The van der Waals surface area contributed by atoms with E-state index in [9.17, 15) is 31.1 Å². The Hall–Kier alpha value is -1.64. The molecule has 0 aliphatic carbocycles. The molecule has 0 saturated carbocycles. The second-order valence-corrected chi connectivity index (χ2v) is 4.75. The Balaban J connectivity index is 2.54. The highest BCUT2D eigenvalue weighted by Gasteiger charge is 2.62. The van der Waals surface area contributed by atoms with Gasteiger partial charge in [-0.3, -0.25) is 9.78 Å². The van der Waals surface area contributed by atoms with Gasteiger partial charge in [-0.25, -0.2) is 0 Å². The van der Waals surface area contributed by atoms with E-state index in [2.05, 4.69) is 10.3 Å². The summed E-state index contributed by atoms with van der Waals surface area (Å²) < 4.78 is 78.2. The van der Waals surface area contributed by atoms with E-state index >= 15 is 0 Å². The highest BCUT2D eigenvalue weighted by Crippen LogP contribution is 2.46. The third-order valence-corrected chi connectivity index (χ3v) is 3.50. The molecule has 116 valence electrons. The average Bonchev–Trinajstić information content (AvgIpc) is 2.87. The van der Waals surface area contributed by atoms with E-state index < -0.39 is 47.6 Å². The van der Waals surface area contributed by atoms with Crippen LogP contribution in [0.4, 0.5) is 26.3 Å². The predicted octanol–water partition coefficient (Wildman–Crippen LogP) is 2.83. The molecule has 1 N–H and O–H groups in total. The van der Waals surface area contributed by atoms with Crippen LogP contribution >= 0.6 is 0 Å². The molecule has 3 nitrogen and oxygen atoms in total. The molecule has 1 aliphatic rings. The lowest BCUT2D eigenvalue weighted by atomic mass is 9.78. The molecule has 2 heterocycles. The number of aromatic nitrogens is 1.